The van der Waals surface area contributed by atoms with E-state index in [4.69, 9.17) is 16.6 Å². The van der Waals surface area contributed by atoms with Gasteiger partial charge in [-0.15, -0.1) is 0 Å². The van der Waals surface area contributed by atoms with Gasteiger partial charge in [-0.25, -0.2) is 0 Å². The Bertz CT molecular complexity index is 241. The van der Waals surface area contributed by atoms with E-state index in [9.17, 15) is 14.4 Å². The Morgan fingerprint density at radius 1 is 1.29 bits per heavy atom. The Morgan fingerprint density at radius 3 is 2.21 bits per heavy atom. The van der Waals surface area contributed by atoms with E-state index in [1.54, 1.807) is 0 Å². The van der Waals surface area contributed by atoms with E-state index >= 15 is 0 Å². The van der Waals surface area contributed by atoms with Crippen molar-refractivity contribution < 1.29 is 19.5 Å². The van der Waals surface area contributed by atoms with Crippen molar-refractivity contribution in [1.29, 1.82) is 0 Å². The van der Waals surface area contributed by atoms with Gasteiger partial charge in [0.2, 0.25) is 11.8 Å². The zero-order valence-corrected chi connectivity index (χ0v) is 7.53. The van der Waals surface area contributed by atoms with Crippen LogP contribution in [0.1, 0.15) is 12.8 Å². The number of hydrogen-bond donors (Lipinski definition) is 4. The molecule has 1 unspecified atom stereocenters. The summed E-state index contributed by atoms with van der Waals surface area (Å²) >= 11 is 0. The fourth-order valence-corrected chi connectivity index (χ4v) is 0.828. The molecule has 0 spiro atoms. The van der Waals surface area contributed by atoms with Crippen LogP contribution in [-0.4, -0.2) is 35.5 Å². The molecule has 0 saturated heterocycles. The highest BCUT2D eigenvalue weighted by Crippen LogP contribution is 1.90. The number of amides is 2. The maximum Gasteiger partial charge on any atom is 0.304 e. The fraction of sp³-hybridized carbons (Fsp3) is 0.571. The Hall–Kier alpha value is -1.63. The predicted molar refractivity (Wildman–Crippen MR) is 47.0 cm³/mol. The van der Waals surface area contributed by atoms with Gasteiger partial charge < -0.3 is 21.9 Å². The van der Waals surface area contributed by atoms with E-state index in [0.29, 0.717) is 0 Å². The van der Waals surface area contributed by atoms with Crippen LogP contribution in [0, 0.1) is 0 Å². The molecule has 7 nitrogen and oxygen atoms in total. The van der Waals surface area contributed by atoms with Gasteiger partial charge in [0.25, 0.3) is 0 Å². The summed E-state index contributed by atoms with van der Waals surface area (Å²) in [5, 5.41) is 10.8. The maximum atomic E-state index is 10.7. The van der Waals surface area contributed by atoms with Crippen LogP contribution in [0.3, 0.4) is 0 Å². The topological polar surface area (TPSA) is 136 Å². The molecule has 0 heterocycles. The molecule has 2 amide bonds. The number of nitrogens with one attached hydrogen (secondary N) is 1. The first-order valence-corrected chi connectivity index (χ1v) is 3.96. The van der Waals surface area contributed by atoms with Gasteiger partial charge in [-0.2, -0.15) is 0 Å². The van der Waals surface area contributed by atoms with Gasteiger partial charge >= 0.3 is 5.97 Å². The largest absolute Gasteiger partial charge is 0.481 e. The molecule has 0 fully saturated rings. The summed E-state index contributed by atoms with van der Waals surface area (Å²) in [6, 6.07) is -0.896. The van der Waals surface area contributed by atoms with Crippen LogP contribution >= 0.6 is 0 Å². The second-order valence-corrected chi connectivity index (χ2v) is 2.72. The molecule has 80 valence electrons. The minimum Gasteiger partial charge on any atom is -0.481 e. The van der Waals surface area contributed by atoms with Gasteiger partial charge in [0.1, 0.15) is 0 Å². The molecule has 0 aliphatic heterocycles. The normalized spacial score (nSPS) is 12.0. The van der Waals surface area contributed by atoms with Crippen LogP contribution in [0.5, 0.6) is 0 Å². The molecule has 0 aromatic carbocycles. The minimum absolute atomic E-state index is 0.0657. The Labute approximate surface area is 80.4 Å². The molecule has 0 saturated carbocycles. The van der Waals surface area contributed by atoms with Gasteiger partial charge in [0.15, 0.2) is 0 Å². The fourth-order valence-electron chi connectivity index (χ4n) is 0.828. The number of carbonyl (C=O) groups excluding carboxylic acids is 2. The molecule has 0 aliphatic carbocycles. The molecule has 0 bridgehead atoms. The lowest BCUT2D eigenvalue weighted by atomic mass is 10.2. The number of hydrogen-bond acceptors (Lipinski definition) is 4. The molecular weight excluding hydrogens is 190 g/mol. The lowest BCUT2D eigenvalue weighted by molar-refractivity contribution is -0.137. The third kappa shape index (κ3) is 5.95. The molecule has 7 heteroatoms. The second kappa shape index (κ2) is 5.92. The van der Waals surface area contributed by atoms with Gasteiger partial charge in [-0.3, -0.25) is 14.4 Å². The number of rotatable bonds is 7. The quantitative estimate of drug-likeness (QED) is 0.371. The van der Waals surface area contributed by atoms with Gasteiger partial charge in [-0.1, -0.05) is 0 Å². The maximum absolute atomic E-state index is 10.7. The van der Waals surface area contributed by atoms with Crippen LogP contribution < -0.4 is 16.8 Å². The van der Waals surface area contributed by atoms with Crippen molar-refractivity contribution in [2.75, 3.05) is 6.54 Å². The van der Waals surface area contributed by atoms with Gasteiger partial charge in [-0.05, 0) is 0 Å². The van der Waals surface area contributed by atoms with E-state index in [0.717, 1.165) is 0 Å². The molecular formula is C7H13N3O4. The Kier molecular flexibility index (Phi) is 5.23. The highest BCUT2D eigenvalue weighted by molar-refractivity contribution is 5.86. The molecule has 0 radical (unpaired) electrons. The van der Waals surface area contributed by atoms with E-state index in [1.165, 1.54) is 0 Å². The zero-order chi connectivity index (χ0) is 11.1. The monoisotopic (exact) mass is 203 g/mol. The summed E-state index contributed by atoms with van der Waals surface area (Å²) in [7, 11) is 0. The van der Waals surface area contributed by atoms with Gasteiger partial charge in [0.05, 0.1) is 18.9 Å². The summed E-state index contributed by atoms with van der Waals surface area (Å²) in [6.45, 7) is 0.0657. The number of nitrogens with two attached hydrogens (primary N) is 2. The number of carbonyl (C=O) groups is 3. The summed E-state index contributed by atoms with van der Waals surface area (Å²) in [5.41, 5.74) is 9.80. The summed E-state index contributed by atoms with van der Waals surface area (Å²) in [6.07, 6.45) is -0.377. The minimum atomic E-state index is -1.00. The van der Waals surface area contributed by atoms with Crippen molar-refractivity contribution in [3.8, 4) is 0 Å². The van der Waals surface area contributed by atoms with Crippen molar-refractivity contribution in [1.82, 2.24) is 5.32 Å². The average molecular weight is 203 g/mol. The van der Waals surface area contributed by atoms with Crippen molar-refractivity contribution >= 4 is 17.8 Å². The SMILES string of the molecule is NC(=O)CC(NCCC(=O)O)C(N)=O. The van der Waals surface area contributed by atoms with Crippen LogP contribution in [0.4, 0.5) is 0 Å². The predicted octanol–water partition coefficient (Wildman–Crippen LogP) is -2.22. The van der Waals surface area contributed by atoms with E-state index in [-0.39, 0.29) is 19.4 Å². The lowest BCUT2D eigenvalue weighted by Crippen LogP contribution is -2.44. The van der Waals surface area contributed by atoms with Crippen molar-refractivity contribution in [2.45, 2.75) is 18.9 Å². The highest BCUT2D eigenvalue weighted by atomic mass is 16.4. The first-order valence-electron chi connectivity index (χ1n) is 3.96. The molecule has 1 atom stereocenters. The van der Waals surface area contributed by atoms with Crippen LogP contribution in [-0.2, 0) is 14.4 Å². The highest BCUT2D eigenvalue weighted by Gasteiger charge is 2.17. The Morgan fingerprint density at radius 2 is 1.86 bits per heavy atom. The lowest BCUT2D eigenvalue weighted by Gasteiger charge is -2.12. The molecule has 0 aliphatic rings. The number of aliphatic carboxylic acids is 1. The number of carboxylic acid groups (broad SMARTS) is 1. The van der Waals surface area contributed by atoms with Crippen LogP contribution in [0.25, 0.3) is 0 Å². The number of primary amides is 2. The summed E-state index contributed by atoms with van der Waals surface area (Å²) < 4.78 is 0. The standard InChI is InChI=1S/C7H13N3O4/c8-5(11)3-4(7(9)14)10-2-1-6(12)13/h4,10H,1-3H2,(H2,8,11)(H2,9,14)(H,12,13). The number of carboxylic acids is 1. The smallest absolute Gasteiger partial charge is 0.304 e. The van der Waals surface area contributed by atoms with Gasteiger partial charge in [0, 0.05) is 6.54 Å². The molecule has 6 N–H and O–H groups in total. The summed E-state index contributed by atoms with van der Waals surface area (Å²) in [5.74, 6) is -2.40. The zero-order valence-electron chi connectivity index (χ0n) is 7.53. The van der Waals surface area contributed by atoms with Crippen molar-refractivity contribution in [2.24, 2.45) is 11.5 Å². The van der Waals surface area contributed by atoms with Crippen molar-refractivity contribution in [3.63, 3.8) is 0 Å². The molecule has 0 aromatic rings. The molecule has 0 aromatic heterocycles. The molecule has 14 heavy (non-hydrogen) atoms. The van der Waals surface area contributed by atoms with Crippen LogP contribution in [0.15, 0.2) is 0 Å². The second-order valence-electron chi connectivity index (χ2n) is 2.72. The average Bonchev–Trinajstić information content (AvgIpc) is 2.00. The van der Waals surface area contributed by atoms with Crippen LogP contribution in [0.2, 0.25) is 0 Å². The first-order chi connectivity index (χ1) is 6.43. The third-order valence-corrected chi connectivity index (χ3v) is 1.48. The summed E-state index contributed by atoms with van der Waals surface area (Å²) in [4.78, 5) is 31.3. The van der Waals surface area contributed by atoms with Crippen molar-refractivity contribution in [3.05, 3.63) is 0 Å². The first kappa shape index (κ1) is 12.4. The van der Waals surface area contributed by atoms with E-state index < -0.39 is 23.8 Å². The van der Waals surface area contributed by atoms with E-state index in [2.05, 4.69) is 5.32 Å². The molecule has 0 rings (SSSR count). The van der Waals surface area contributed by atoms with E-state index in [1.807, 2.05) is 0 Å². The Balaban J connectivity index is 3.91. The third-order valence-electron chi connectivity index (χ3n) is 1.48.